The van der Waals surface area contributed by atoms with Gasteiger partial charge in [-0.3, -0.25) is 9.10 Å². The van der Waals surface area contributed by atoms with Gasteiger partial charge in [0.2, 0.25) is 5.91 Å². The van der Waals surface area contributed by atoms with E-state index in [0.29, 0.717) is 12.2 Å². The van der Waals surface area contributed by atoms with Gasteiger partial charge in [0.25, 0.3) is 10.0 Å². The van der Waals surface area contributed by atoms with Crippen molar-refractivity contribution in [2.24, 2.45) is 5.92 Å². The molecule has 5 nitrogen and oxygen atoms in total. The Morgan fingerprint density at radius 2 is 1.45 bits per heavy atom. The SMILES string of the molecule is CCC(CNC(=O)CN(c1ccc(C)cc1)S(=O)(=O)c1ccc(C)cc1)Cc1ccccc1. The summed E-state index contributed by atoms with van der Waals surface area (Å²) < 4.78 is 28.1. The molecule has 1 amide bonds. The quantitative estimate of drug-likeness (QED) is 0.465. The lowest BCUT2D eigenvalue weighted by atomic mass is 9.97. The maximum absolute atomic E-state index is 13.4. The second-order valence-corrected chi connectivity index (χ2v) is 10.3. The van der Waals surface area contributed by atoms with Crippen LogP contribution in [-0.2, 0) is 21.2 Å². The molecule has 0 aliphatic carbocycles. The van der Waals surface area contributed by atoms with Crippen LogP contribution < -0.4 is 9.62 Å². The fraction of sp³-hybridized carbons (Fsp3) is 0.296. The highest BCUT2D eigenvalue weighted by atomic mass is 32.2. The third-order valence-corrected chi connectivity index (χ3v) is 7.54. The van der Waals surface area contributed by atoms with Crippen molar-refractivity contribution in [3.8, 4) is 0 Å². The smallest absolute Gasteiger partial charge is 0.264 e. The summed E-state index contributed by atoms with van der Waals surface area (Å²) in [6, 6.07) is 24.0. The number of hydrogen-bond acceptors (Lipinski definition) is 3. The van der Waals surface area contributed by atoms with Crippen molar-refractivity contribution in [3.63, 3.8) is 0 Å². The van der Waals surface area contributed by atoms with Crippen molar-refractivity contribution in [3.05, 3.63) is 95.6 Å². The summed E-state index contributed by atoms with van der Waals surface area (Å²) in [7, 11) is -3.90. The Morgan fingerprint density at radius 3 is 2.03 bits per heavy atom. The number of benzene rings is 3. The number of sulfonamides is 1. The van der Waals surface area contributed by atoms with Crippen LogP contribution in [0.15, 0.2) is 83.8 Å². The van der Waals surface area contributed by atoms with Crippen molar-refractivity contribution in [1.82, 2.24) is 5.32 Å². The molecule has 33 heavy (non-hydrogen) atoms. The first kappa shape index (κ1) is 24.5. The third-order valence-electron chi connectivity index (χ3n) is 5.75. The van der Waals surface area contributed by atoms with Gasteiger partial charge in [0, 0.05) is 6.54 Å². The molecule has 0 aliphatic heterocycles. The fourth-order valence-electron chi connectivity index (χ4n) is 3.62. The number of rotatable bonds is 10. The van der Waals surface area contributed by atoms with Crippen LogP contribution in [0.25, 0.3) is 0 Å². The monoisotopic (exact) mass is 464 g/mol. The van der Waals surface area contributed by atoms with Gasteiger partial charge < -0.3 is 5.32 Å². The average Bonchev–Trinajstić information content (AvgIpc) is 2.81. The lowest BCUT2D eigenvalue weighted by molar-refractivity contribution is -0.119. The first-order valence-corrected chi connectivity index (χ1v) is 12.7. The van der Waals surface area contributed by atoms with Crippen molar-refractivity contribution >= 4 is 21.6 Å². The standard InChI is InChI=1S/C27H32N2O3S/c1-4-23(18-24-8-6-5-7-9-24)19-28-27(30)20-29(25-14-10-21(2)11-15-25)33(31,32)26-16-12-22(3)13-17-26/h5-17,23H,4,18-20H2,1-3H3,(H,28,30). The van der Waals surface area contributed by atoms with E-state index in [-0.39, 0.29) is 23.3 Å². The zero-order valence-corrected chi connectivity index (χ0v) is 20.3. The molecule has 3 rings (SSSR count). The lowest BCUT2D eigenvalue weighted by Crippen LogP contribution is -2.42. The Hall–Kier alpha value is -3.12. The van der Waals surface area contributed by atoms with Crippen LogP contribution in [-0.4, -0.2) is 27.4 Å². The van der Waals surface area contributed by atoms with Gasteiger partial charge in [-0.05, 0) is 56.0 Å². The Morgan fingerprint density at radius 1 is 0.879 bits per heavy atom. The second-order valence-electron chi connectivity index (χ2n) is 8.43. The number of nitrogens with one attached hydrogen (secondary N) is 1. The molecular weight excluding hydrogens is 432 g/mol. The molecule has 0 aliphatic rings. The molecule has 174 valence electrons. The minimum absolute atomic E-state index is 0.164. The zero-order valence-electron chi connectivity index (χ0n) is 19.5. The van der Waals surface area contributed by atoms with Crippen LogP contribution in [0, 0.1) is 19.8 Å². The van der Waals surface area contributed by atoms with Crippen molar-refractivity contribution in [1.29, 1.82) is 0 Å². The lowest BCUT2D eigenvalue weighted by Gasteiger charge is -2.25. The predicted molar refractivity (Wildman–Crippen MR) is 134 cm³/mol. The Bertz CT molecular complexity index is 1140. The van der Waals surface area contributed by atoms with E-state index in [9.17, 15) is 13.2 Å². The predicted octanol–water partition coefficient (Wildman–Crippen LogP) is 4.88. The molecule has 0 radical (unpaired) electrons. The van der Waals surface area contributed by atoms with Gasteiger partial charge in [-0.15, -0.1) is 0 Å². The highest BCUT2D eigenvalue weighted by Gasteiger charge is 2.27. The molecule has 0 heterocycles. The Labute approximate surface area is 197 Å². The summed E-state index contributed by atoms with van der Waals surface area (Å²) in [4.78, 5) is 13.0. The van der Waals surface area contributed by atoms with Gasteiger partial charge in [0.1, 0.15) is 6.54 Å². The van der Waals surface area contributed by atoms with Crippen LogP contribution in [0.2, 0.25) is 0 Å². The maximum Gasteiger partial charge on any atom is 0.264 e. The van der Waals surface area contributed by atoms with Crippen LogP contribution >= 0.6 is 0 Å². The number of nitrogens with zero attached hydrogens (tertiary/aromatic N) is 1. The van der Waals surface area contributed by atoms with Crippen LogP contribution in [0.4, 0.5) is 5.69 Å². The van der Waals surface area contributed by atoms with Crippen LogP contribution in [0.3, 0.4) is 0 Å². The van der Waals surface area contributed by atoms with Gasteiger partial charge in [-0.1, -0.05) is 79.1 Å². The summed E-state index contributed by atoms with van der Waals surface area (Å²) in [5, 5.41) is 2.95. The Kier molecular flexibility index (Phi) is 8.28. The van der Waals surface area contributed by atoms with E-state index in [4.69, 9.17) is 0 Å². The van der Waals surface area contributed by atoms with Gasteiger partial charge in [0.05, 0.1) is 10.6 Å². The molecule has 1 atom stereocenters. The molecule has 0 aromatic heterocycles. The van der Waals surface area contributed by atoms with Gasteiger partial charge >= 0.3 is 0 Å². The second kappa shape index (κ2) is 11.1. The summed E-state index contributed by atoms with van der Waals surface area (Å²) in [5.74, 6) is -0.0457. The minimum atomic E-state index is -3.90. The van der Waals surface area contributed by atoms with Crippen molar-refractivity contribution in [2.45, 2.75) is 38.5 Å². The molecule has 0 bridgehead atoms. The van der Waals surface area contributed by atoms with E-state index in [0.717, 1.165) is 24.0 Å². The number of hydrogen-bond donors (Lipinski definition) is 1. The molecule has 6 heteroatoms. The van der Waals surface area contributed by atoms with E-state index in [1.165, 1.54) is 9.87 Å². The number of carbonyl (C=O) groups excluding carboxylic acids is 1. The van der Waals surface area contributed by atoms with E-state index in [2.05, 4.69) is 24.4 Å². The zero-order chi connectivity index (χ0) is 23.8. The molecule has 0 saturated carbocycles. The fourth-order valence-corrected chi connectivity index (χ4v) is 5.04. The molecule has 0 spiro atoms. The van der Waals surface area contributed by atoms with E-state index >= 15 is 0 Å². The van der Waals surface area contributed by atoms with E-state index in [1.54, 1.807) is 36.4 Å². The third kappa shape index (κ3) is 6.68. The minimum Gasteiger partial charge on any atom is -0.354 e. The molecule has 3 aromatic rings. The summed E-state index contributed by atoms with van der Waals surface area (Å²) >= 11 is 0. The molecule has 0 saturated heterocycles. The molecule has 1 unspecified atom stereocenters. The highest BCUT2D eigenvalue weighted by molar-refractivity contribution is 7.92. The van der Waals surface area contributed by atoms with Crippen molar-refractivity contribution < 1.29 is 13.2 Å². The average molecular weight is 465 g/mol. The van der Waals surface area contributed by atoms with Crippen LogP contribution in [0.1, 0.15) is 30.0 Å². The molecular formula is C27H32N2O3S. The first-order chi connectivity index (χ1) is 15.8. The molecule has 3 aromatic carbocycles. The molecule has 0 fully saturated rings. The van der Waals surface area contributed by atoms with E-state index in [1.807, 2.05) is 44.2 Å². The maximum atomic E-state index is 13.4. The summed E-state index contributed by atoms with van der Waals surface area (Å²) in [6.07, 6.45) is 1.78. The summed E-state index contributed by atoms with van der Waals surface area (Å²) in [5.41, 5.74) is 3.68. The first-order valence-electron chi connectivity index (χ1n) is 11.3. The van der Waals surface area contributed by atoms with Gasteiger partial charge in [-0.2, -0.15) is 0 Å². The van der Waals surface area contributed by atoms with Crippen molar-refractivity contribution in [2.75, 3.05) is 17.4 Å². The number of aryl methyl sites for hydroxylation is 2. The molecule has 1 N–H and O–H groups in total. The van der Waals surface area contributed by atoms with Gasteiger partial charge in [0.15, 0.2) is 0 Å². The highest BCUT2D eigenvalue weighted by Crippen LogP contribution is 2.24. The summed E-state index contributed by atoms with van der Waals surface area (Å²) in [6.45, 7) is 6.16. The Balaban J connectivity index is 1.76. The van der Waals surface area contributed by atoms with Crippen LogP contribution in [0.5, 0.6) is 0 Å². The number of carbonyl (C=O) groups is 1. The number of amides is 1. The van der Waals surface area contributed by atoms with E-state index < -0.39 is 10.0 Å². The van der Waals surface area contributed by atoms with Gasteiger partial charge in [-0.25, -0.2) is 8.42 Å². The largest absolute Gasteiger partial charge is 0.354 e. The number of anilines is 1. The topological polar surface area (TPSA) is 66.5 Å². The normalized spacial score (nSPS) is 12.2.